The van der Waals surface area contributed by atoms with Crippen molar-refractivity contribution >= 4 is 5.91 Å². The second kappa shape index (κ2) is 7.26. The number of benzene rings is 1. The molecule has 1 aliphatic heterocycles. The number of rotatable bonds is 4. The molecule has 1 aromatic heterocycles. The molecule has 0 bridgehead atoms. The van der Waals surface area contributed by atoms with Crippen LogP contribution in [-0.2, 0) is 16.0 Å². The first-order valence-electron chi connectivity index (χ1n) is 8.37. The van der Waals surface area contributed by atoms with E-state index in [4.69, 9.17) is 4.74 Å². The molecule has 0 N–H and O–H groups in total. The molecule has 1 amide bonds. The van der Waals surface area contributed by atoms with Crippen molar-refractivity contribution in [3.63, 3.8) is 0 Å². The van der Waals surface area contributed by atoms with Crippen molar-refractivity contribution in [3.05, 3.63) is 41.5 Å². The largest absolute Gasteiger partial charge is 0.372 e. The minimum absolute atomic E-state index is 0.0301. The highest BCUT2D eigenvalue weighted by molar-refractivity contribution is 5.81. The van der Waals surface area contributed by atoms with E-state index in [2.05, 4.69) is 15.5 Å². The molecule has 1 aromatic carbocycles. The van der Waals surface area contributed by atoms with Crippen LogP contribution in [0.3, 0.4) is 0 Å². The van der Waals surface area contributed by atoms with Crippen molar-refractivity contribution in [3.8, 4) is 0 Å². The number of nitrogens with zero attached hydrogens (tertiary/aromatic N) is 5. The first-order valence-corrected chi connectivity index (χ1v) is 8.37. The zero-order valence-corrected chi connectivity index (χ0v) is 14.6. The Morgan fingerprint density at radius 1 is 1.36 bits per heavy atom. The van der Waals surface area contributed by atoms with Gasteiger partial charge in [0.2, 0.25) is 5.91 Å². The second-order valence-electron chi connectivity index (χ2n) is 6.52. The average molecular weight is 347 g/mol. The summed E-state index contributed by atoms with van der Waals surface area (Å²) in [5.41, 5.74) is 0.725. The molecule has 8 heteroatoms. The Kier molecular flexibility index (Phi) is 5.08. The first kappa shape index (κ1) is 17.5. The zero-order valence-electron chi connectivity index (χ0n) is 14.6. The van der Waals surface area contributed by atoms with E-state index in [1.165, 1.54) is 16.8 Å². The van der Waals surface area contributed by atoms with Gasteiger partial charge in [-0.25, -0.2) is 9.07 Å². The van der Waals surface area contributed by atoms with E-state index in [9.17, 15) is 9.18 Å². The number of carbonyl (C=O) groups excluding carboxylic acids is 1. The van der Waals surface area contributed by atoms with Crippen LogP contribution in [0, 0.1) is 12.7 Å². The Balaban J connectivity index is 1.88. The third kappa shape index (κ3) is 4.01. The van der Waals surface area contributed by atoms with Crippen LogP contribution in [0.25, 0.3) is 0 Å². The van der Waals surface area contributed by atoms with Gasteiger partial charge in [-0.3, -0.25) is 4.79 Å². The lowest BCUT2D eigenvalue weighted by atomic mass is 10.0. The molecule has 3 atom stereocenters. The highest BCUT2D eigenvalue weighted by atomic mass is 19.1. The molecule has 2 aromatic rings. The fourth-order valence-electron chi connectivity index (χ4n) is 3.26. The molecular formula is C17H22FN5O2. The molecule has 25 heavy (non-hydrogen) atoms. The summed E-state index contributed by atoms with van der Waals surface area (Å²) in [5.74, 6) is 0.136. The van der Waals surface area contributed by atoms with Crippen LogP contribution in [0.2, 0.25) is 0 Å². The maximum absolute atomic E-state index is 13.5. The summed E-state index contributed by atoms with van der Waals surface area (Å²) in [6.45, 7) is 6.67. The Hall–Kier alpha value is -2.35. The van der Waals surface area contributed by atoms with Crippen LogP contribution in [0.15, 0.2) is 24.3 Å². The molecular weight excluding hydrogens is 325 g/mol. The van der Waals surface area contributed by atoms with E-state index in [0.29, 0.717) is 25.3 Å². The number of carbonyl (C=O) groups is 1. The van der Waals surface area contributed by atoms with Crippen molar-refractivity contribution in [2.45, 2.75) is 45.4 Å². The van der Waals surface area contributed by atoms with Gasteiger partial charge < -0.3 is 9.64 Å². The quantitative estimate of drug-likeness (QED) is 0.839. The first-order chi connectivity index (χ1) is 11.9. The number of hydrogen-bond acceptors (Lipinski definition) is 5. The standard InChI is InChI=1S/C17H22FN5O2/c1-11-9-22(10-12(2)25-11)17(24)16(23-13(3)19-20-21-23)8-14-5-4-6-15(18)7-14/h4-7,11-12,16H,8-10H2,1-3H3/t11-,12+,16-/m1/s1. The zero-order chi connectivity index (χ0) is 18.0. The molecule has 0 saturated carbocycles. The average Bonchev–Trinajstić information content (AvgIpc) is 2.97. The van der Waals surface area contributed by atoms with Gasteiger partial charge in [-0.15, -0.1) is 5.10 Å². The second-order valence-corrected chi connectivity index (χ2v) is 6.52. The SMILES string of the molecule is Cc1nnnn1[C@H](Cc1cccc(F)c1)C(=O)N1C[C@@H](C)O[C@@H](C)C1. The molecule has 7 nitrogen and oxygen atoms in total. The van der Waals surface area contributed by atoms with Crippen molar-refractivity contribution < 1.29 is 13.9 Å². The lowest BCUT2D eigenvalue weighted by molar-refractivity contribution is -0.147. The molecule has 1 saturated heterocycles. The van der Waals surface area contributed by atoms with Crippen LogP contribution in [-0.4, -0.2) is 56.3 Å². The molecule has 1 aliphatic rings. The molecule has 1 fully saturated rings. The van der Waals surface area contributed by atoms with Gasteiger partial charge in [0.05, 0.1) is 12.2 Å². The lowest BCUT2D eigenvalue weighted by Crippen LogP contribution is -2.50. The van der Waals surface area contributed by atoms with Crippen molar-refractivity contribution in [1.29, 1.82) is 0 Å². The Labute approximate surface area is 145 Å². The fourth-order valence-corrected chi connectivity index (χ4v) is 3.26. The van der Waals surface area contributed by atoms with Crippen LogP contribution in [0.5, 0.6) is 0 Å². The molecule has 0 aliphatic carbocycles. The molecule has 0 spiro atoms. The number of aromatic nitrogens is 4. The number of ether oxygens (including phenoxy) is 1. The summed E-state index contributed by atoms with van der Waals surface area (Å²) in [6.07, 6.45) is 0.262. The fraction of sp³-hybridized carbons (Fsp3) is 0.529. The normalized spacial score (nSPS) is 22.0. The molecule has 134 valence electrons. The number of aryl methyl sites for hydroxylation is 1. The summed E-state index contributed by atoms with van der Waals surface area (Å²) in [7, 11) is 0. The predicted octanol–water partition coefficient (Wildman–Crippen LogP) is 1.54. The van der Waals surface area contributed by atoms with Gasteiger partial charge in [0.15, 0.2) is 0 Å². The summed E-state index contributed by atoms with van der Waals surface area (Å²) in [5, 5.41) is 11.5. The monoisotopic (exact) mass is 347 g/mol. The van der Waals surface area contributed by atoms with Gasteiger partial charge in [0.25, 0.3) is 0 Å². The predicted molar refractivity (Wildman–Crippen MR) is 88.3 cm³/mol. The van der Waals surface area contributed by atoms with Gasteiger partial charge >= 0.3 is 0 Å². The number of morpholine rings is 1. The summed E-state index contributed by atoms with van der Waals surface area (Å²) in [4.78, 5) is 15.0. The summed E-state index contributed by atoms with van der Waals surface area (Å²) < 4.78 is 20.8. The van der Waals surface area contributed by atoms with Crippen molar-refractivity contribution in [1.82, 2.24) is 25.1 Å². The minimum atomic E-state index is -0.616. The van der Waals surface area contributed by atoms with E-state index >= 15 is 0 Å². The van der Waals surface area contributed by atoms with Gasteiger partial charge in [-0.2, -0.15) is 0 Å². The highest BCUT2D eigenvalue weighted by Crippen LogP contribution is 2.21. The van der Waals surface area contributed by atoms with E-state index in [0.717, 1.165) is 5.56 Å². The Bertz CT molecular complexity index is 740. The number of tetrazole rings is 1. The van der Waals surface area contributed by atoms with Gasteiger partial charge in [0, 0.05) is 19.5 Å². The summed E-state index contributed by atoms with van der Waals surface area (Å²) >= 11 is 0. The van der Waals surface area contributed by atoms with Crippen LogP contribution in [0.4, 0.5) is 4.39 Å². The van der Waals surface area contributed by atoms with Gasteiger partial charge in [-0.05, 0) is 48.9 Å². The smallest absolute Gasteiger partial charge is 0.248 e. The van der Waals surface area contributed by atoms with Crippen molar-refractivity contribution in [2.24, 2.45) is 0 Å². The topological polar surface area (TPSA) is 73.1 Å². The number of amides is 1. The third-order valence-corrected chi connectivity index (χ3v) is 4.29. The van der Waals surface area contributed by atoms with Gasteiger partial charge in [0.1, 0.15) is 17.7 Å². The Morgan fingerprint density at radius 2 is 2.08 bits per heavy atom. The maximum atomic E-state index is 13.5. The molecule has 3 rings (SSSR count). The molecule has 2 heterocycles. The minimum Gasteiger partial charge on any atom is -0.372 e. The van der Waals surface area contributed by atoms with Crippen LogP contribution < -0.4 is 0 Å². The third-order valence-electron chi connectivity index (χ3n) is 4.29. The number of hydrogen-bond donors (Lipinski definition) is 0. The van der Waals surface area contributed by atoms with Crippen LogP contribution >= 0.6 is 0 Å². The van der Waals surface area contributed by atoms with E-state index in [1.54, 1.807) is 24.0 Å². The Morgan fingerprint density at radius 3 is 2.68 bits per heavy atom. The number of halogens is 1. The highest BCUT2D eigenvalue weighted by Gasteiger charge is 2.33. The molecule has 0 radical (unpaired) electrons. The van der Waals surface area contributed by atoms with E-state index in [1.807, 2.05) is 13.8 Å². The van der Waals surface area contributed by atoms with Gasteiger partial charge in [-0.1, -0.05) is 12.1 Å². The lowest BCUT2D eigenvalue weighted by Gasteiger charge is -2.37. The maximum Gasteiger partial charge on any atom is 0.248 e. The van der Waals surface area contributed by atoms with Crippen LogP contribution in [0.1, 0.15) is 31.3 Å². The molecule has 0 unspecified atom stereocenters. The summed E-state index contributed by atoms with van der Waals surface area (Å²) in [6, 6.07) is 5.64. The van der Waals surface area contributed by atoms with E-state index in [-0.39, 0.29) is 23.9 Å². The van der Waals surface area contributed by atoms with E-state index < -0.39 is 6.04 Å². The van der Waals surface area contributed by atoms with Crippen molar-refractivity contribution in [2.75, 3.05) is 13.1 Å².